The van der Waals surface area contributed by atoms with Crippen LogP contribution in [0.1, 0.15) is 64.2 Å². The Morgan fingerprint density at radius 1 is 1.07 bits per heavy atom. The quantitative estimate of drug-likeness (QED) is 0.263. The van der Waals surface area contributed by atoms with Gasteiger partial charge in [-0.05, 0) is 25.7 Å². The second-order valence-corrected chi connectivity index (χ2v) is 9.13. The number of carbonyl (C=O) groups is 2. The average molecular weight is 419 g/mol. The fourth-order valence-corrected chi connectivity index (χ4v) is 5.87. The summed E-state index contributed by atoms with van der Waals surface area (Å²) in [7, 11) is 0. The first-order chi connectivity index (χ1) is 12.7. The maximum atomic E-state index is 12.0. The van der Waals surface area contributed by atoms with Gasteiger partial charge in [0.2, 0.25) is 5.91 Å². The summed E-state index contributed by atoms with van der Waals surface area (Å²) in [6.45, 7) is 1.61. The molecule has 156 valence electrons. The molecule has 2 saturated heterocycles. The van der Waals surface area contributed by atoms with Crippen molar-refractivity contribution >= 4 is 36.1 Å². The monoisotopic (exact) mass is 418 g/mol. The summed E-state index contributed by atoms with van der Waals surface area (Å²) in [6.07, 6.45) is 11.6. The fourth-order valence-electron chi connectivity index (χ4n) is 4.32. The van der Waals surface area contributed by atoms with Gasteiger partial charge in [0.05, 0.1) is 12.1 Å². The van der Waals surface area contributed by atoms with Crippen LogP contribution in [0.4, 0.5) is 4.79 Å². The van der Waals surface area contributed by atoms with Gasteiger partial charge in [0.1, 0.15) is 0 Å². The minimum atomic E-state index is -0.0258. The topological polar surface area (TPSA) is 82.3 Å². The summed E-state index contributed by atoms with van der Waals surface area (Å²) >= 11 is 1.94. The molecule has 3 rings (SSSR count). The zero-order chi connectivity index (χ0) is 18.2. The third kappa shape index (κ3) is 7.35. The summed E-state index contributed by atoms with van der Waals surface area (Å²) in [5.41, 5.74) is 0. The number of hydrogen-bond donors (Lipinski definition) is 4. The third-order valence-corrected chi connectivity index (χ3v) is 7.32. The summed E-state index contributed by atoms with van der Waals surface area (Å²) < 4.78 is 0. The van der Waals surface area contributed by atoms with Gasteiger partial charge in [-0.15, -0.1) is 12.4 Å². The molecule has 0 radical (unpaired) electrons. The van der Waals surface area contributed by atoms with Crippen LogP contribution in [0.15, 0.2) is 0 Å². The molecule has 4 N–H and O–H groups in total. The van der Waals surface area contributed by atoms with E-state index in [1.54, 1.807) is 0 Å². The van der Waals surface area contributed by atoms with Crippen LogP contribution < -0.4 is 21.3 Å². The molecule has 0 aromatic carbocycles. The van der Waals surface area contributed by atoms with Crippen LogP contribution in [0.5, 0.6) is 0 Å². The number of nitrogens with one attached hydrogen (secondary N) is 4. The van der Waals surface area contributed by atoms with Gasteiger partial charge in [-0.2, -0.15) is 11.8 Å². The number of urea groups is 1. The highest BCUT2D eigenvalue weighted by molar-refractivity contribution is 8.00. The maximum absolute atomic E-state index is 12.0. The Balaban J connectivity index is 0.00000261. The van der Waals surface area contributed by atoms with E-state index in [0.717, 1.165) is 38.1 Å². The predicted molar refractivity (Wildman–Crippen MR) is 114 cm³/mol. The highest BCUT2D eigenvalue weighted by atomic mass is 35.5. The van der Waals surface area contributed by atoms with Crippen molar-refractivity contribution in [2.24, 2.45) is 0 Å². The summed E-state index contributed by atoms with van der Waals surface area (Å²) in [5.74, 6) is 1.17. The minimum absolute atomic E-state index is 0. The third-order valence-electron chi connectivity index (χ3n) is 5.82. The largest absolute Gasteiger partial charge is 0.355 e. The summed E-state index contributed by atoms with van der Waals surface area (Å²) in [4.78, 5) is 23.3. The number of rotatable bonds is 9. The van der Waals surface area contributed by atoms with Crippen LogP contribution in [0, 0.1) is 0 Å². The highest BCUT2D eigenvalue weighted by Crippen LogP contribution is 2.33. The van der Waals surface area contributed by atoms with Gasteiger partial charge in [-0.1, -0.05) is 32.1 Å². The van der Waals surface area contributed by atoms with Crippen molar-refractivity contribution in [3.05, 3.63) is 0 Å². The van der Waals surface area contributed by atoms with Crippen molar-refractivity contribution in [1.29, 1.82) is 0 Å². The second-order valence-electron chi connectivity index (χ2n) is 7.86. The second kappa shape index (κ2) is 12.0. The van der Waals surface area contributed by atoms with E-state index in [1.165, 1.54) is 38.5 Å². The smallest absolute Gasteiger partial charge is 0.315 e. The van der Waals surface area contributed by atoms with Gasteiger partial charge in [-0.3, -0.25) is 4.79 Å². The Labute approximate surface area is 173 Å². The van der Waals surface area contributed by atoms with Gasteiger partial charge in [-0.25, -0.2) is 4.79 Å². The first-order valence-corrected chi connectivity index (χ1v) is 11.5. The van der Waals surface area contributed by atoms with E-state index in [-0.39, 0.29) is 30.4 Å². The number of amides is 3. The lowest BCUT2D eigenvalue weighted by atomic mass is 10.0. The molecular weight excluding hydrogens is 384 g/mol. The molecule has 6 nitrogen and oxygen atoms in total. The molecule has 3 fully saturated rings. The van der Waals surface area contributed by atoms with Gasteiger partial charge in [0.15, 0.2) is 0 Å². The number of halogens is 1. The average Bonchev–Trinajstić information content (AvgIpc) is 3.05. The van der Waals surface area contributed by atoms with Gasteiger partial charge >= 0.3 is 6.03 Å². The molecule has 0 aromatic rings. The molecule has 3 amide bonds. The van der Waals surface area contributed by atoms with Crippen molar-refractivity contribution < 1.29 is 9.59 Å². The fraction of sp³-hybridized carbons (Fsp3) is 0.895. The summed E-state index contributed by atoms with van der Waals surface area (Å²) in [6, 6.07) is 1.19. The van der Waals surface area contributed by atoms with E-state index in [2.05, 4.69) is 21.3 Å². The van der Waals surface area contributed by atoms with Crippen LogP contribution in [0.2, 0.25) is 0 Å². The van der Waals surface area contributed by atoms with E-state index >= 15 is 0 Å². The molecule has 1 aliphatic carbocycles. The molecule has 27 heavy (non-hydrogen) atoms. The lowest BCUT2D eigenvalue weighted by Gasteiger charge is -2.17. The van der Waals surface area contributed by atoms with Gasteiger partial charge in [0, 0.05) is 36.6 Å². The number of fused-ring (bicyclic) bond motifs is 1. The van der Waals surface area contributed by atoms with E-state index in [4.69, 9.17) is 0 Å². The number of hydrogen-bond acceptors (Lipinski definition) is 4. The molecule has 8 heteroatoms. The zero-order valence-electron chi connectivity index (χ0n) is 16.1. The molecule has 3 atom stereocenters. The van der Waals surface area contributed by atoms with E-state index in [1.807, 2.05) is 11.8 Å². The first kappa shape index (κ1) is 22.6. The van der Waals surface area contributed by atoms with Crippen molar-refractivity contribution in [3.63, 3.8) is 0 Å². The van der Waals surface area contributed by atoms with E-state index in [0.29, 0.717) is 23.8 Å². The lowest BCUT2D eigenvalue weighted by Crippen LogP contribution is -2.37. The Kier molecular flexibility index (Phi) is 10.1. The predicted octanol–water partition coefficient (Wildman–Crippen LogP) is 2.56. The van der Waals surface area contributed by atoms with Crippen molar-refractivity contribution in [2.45, 2.75) is 87.6 Å². The van der Waals surface area contributed by atoms with Crippen LogP contribution in [0.25, 0.3) is 0 Å². The van der Waals surface area contributed by atoms with Crippen molar-refractivity contribution in [2.75, 3.05) is 18.8 Å². The minimum Gasteiger partial charge on any atom is -0.355 e. The molecule has 3 aliphatic rings. The Hall–Kier alpha value is -0.660. The van der Waals surface area contributed by atoms with Gasteiger partial charge in [0.25, 0.3) is 0 Å². The van der Waals surface area contributed by atoms with Crippen molar-refractivity contribution in [1.82, 2.24) is 21.3 Å². The van der Waals surface area contributed by atoms with Crippen LogP contribution in [-0.2, 0) is 4.79 Å². The maximum Gasteiger partial charge on any atom is 0.315 e. The molecule has 1 saturated carbocycles. The lowest BCUT2D eigenvalue weighted by molar-refractivity contribution is -0.121. The van der Waals surface area contributed by atoms with Crippen LogP contribution >= 0.6 is 24.2 Å². The SMILES string of the molecule is Cl.O=C(CCCC[C@@H]1SC[C@@H]2NC(=O)N[C@@H]21)NCCNC1CCCCCC1. The van der Waals surface area contributed by atoms with Crippen LogP contribution in [0.3, 0.4) is 0 Å². The van der Waals surface area contributed by atoms with E-state index < -0.39 is 0 Å². The normalized spacial score (nSPS) is 27.9. The Bertz CT molecular complexity index is 475. The van der Waals surface area contributed by atoms with Gasteiger partial charge < -0.3 is 21.3 Å². The molecule has 2 aliphatic heterocycles. The Morgan fingerprint density at radius 3 is 2.63 bits per heavy atom. The molecule has 0 unspecified atom stereocenters. The molecule has 0 spiro atoms. The number of carbonyl (C=O) groups excluding carboxylic acids is 2. The van der Waals surface area contributed by atoms with E-state index in [9.17, 15) is 9.59 Å². The Morgan fingerprint density at radius 2 is 1.85 bits per heavy atom. The molecular formula is C19H35ClN4O2S. The van der Waals surface area contributed by atoms with Crippen LogP contribution in [-0.4, -0.2) is 54.2 Å². The summed E-state index contributed by atoms with van der Waals surface area (Å²) in [5, 5.41) is 13.1. The molecule has 2 heterocycles. The van der Waals surface area contributed by atoms with Crippen molar-refractivity contribution in [3.8, 4) is 0 Å². The standard InChI is InChI=1S/C19H34N4O2S.ClH/c24-17(21-12-11-20-14-7-3-1-2-4-8-14)10-6-5-9-16-18-15(13-26-16)22-19(25)23-18;/h14-16,18,20H,1-13H2,(H,21,24)(H2,22,23,25);1H/t15-,16-,18-;/m0./s1. The number of thioether (sulfide) groups is 1. The zero-order valence-corrected chi connectivity index (χ0v) is 17.8. The first-order valence-electron chi connectivity index (χ1n) is 10.4. The highest BCUT2D eigenvalue weighted by Gasteiger charge is 2.42. The molecule has 0 aromatic heterocycles. The molecule has 0 bridgehead atoms. The number of unbranched alkanes of at least 4 members (excludes halogenated alkanes) is 1.